The lowest BCUT2D eigenvalue weighted by molar-refractivity contribution is 0.00296. The van der Waals surface area contributed by atoms with Crippen molar-refractivity contribution in [2.45, 2.75) is 59.5 Å². The van der Waals surface area contributed by atoms with Crippen molar-refractivity contribution in [3.05, 3.63) is 23.7 Å². The van der Waals surface area contributed by atoms with Crippen molar-refractivity contribution < 1.29 is 9.47 Å². The Hall–Kier alpha value is -1.16. The van der Waals surface area contributed by atoms with E-state index in [1.165, 1.54) is 12.0 Å². The van der Waals surface area contributed by atoms with E-state index in [0.29, 0.717) is 6.61 Å². The van der Waals surface area contributed by atoms with Crippen LogP contribution in [-0.4, -0.2) is 19.3 Å². The van der Waals surface area contributed by atoms with E-state index in [9.17, 15) is 0 Å². The van der Waals surface area contributed by atoms with Crippen molar-refractivity contribution in [2.24, 2.45) is 5.92 Å². The molecule has 0 spiro atoms. The van der Waals surface area contributed by atoms with Gasteiger partial charge in [0.15, 0.2) is 0 Å². The molecule has 2 unspecified atom stereocenters. The van der Waals surface area contributed by atoms with Crippen LogP contribution in [-0.2, 0) is 9.47 Å². The van der Waals surface area contributed by atoms with Gasteiger partial charge in [0.25, 0.3) is 0 Å². The summed E-state index contributed by atoms with van der Waals surface area (Å²) in [5.74, 6) is 1.52. The largest absolute Gasteiger partial charge is 0.472 e. The maximum Gasteiger partial charge on any atom is 0.206 e. The minimum atomic E-state index is 0.101. The fourth-order valence-electron chi connectivity index (χ4n) is 1.83. The molecular weight excluding hydrogens is 252 g/mol. The average molecular weight is 282 g/mol. The lowest BCUT2D eigenvalue weighted by Crippen LogP contribution is -2.33. The number of nitrogens with one attached hydrogen (secondary N) is 2. The number of hydrazine groups is 1. The van der Waals surface area contributed by atoms with E-state index in [1.807, 2.05) is 12.3 Å². The third-order valence-corrected chi connectivity index (χ3v) is 3.68. The first-order chi connectivity index (χ1) is 9.69. The van der Waals surface area contributed by atoms with Crippen LogP contribution in [0.4, 0.5) is 0 Å². The van der Waals surface area contributed by atoms with Gasteiger partial charge in [-0.05, 0) is 30.8 Å². The van der Waals surface area contributed by atoms with Gasteiger partial charge in [-0.1, -0.05) is 34.1 Å². The fraction of sp³-hybridized carbons (Fsp3) is 0.750. The van der Waals surface area contributed by atoms with Gasteiger partial charge >= 0.3 is 0 Å². The zero-order valence-corrected chi connectivity index (χ0v) is 13.4. The van der Waals surface area contributed by atoms with Gasteiger partial charge in [-0.2, -0.15) is 0 Å². The quantitative estimate of drug-likeness (QED) is 0.602. The summed E-state index contributed by atoms with van der Waals surface area (Å²) in [7, 11) is 0. The third-order valence-electron chi connectivity index (χ3n) is 3.68. The van der Waals surface area contributed by atoms with E-state index < -0.39 is 0 Å². The third kappa shape index (κ3) is 6.33. The van der Waals surface area contributed by atoms with Crippen LogP contribution >= 0.6 is 0 Å². The highest BCUT2D eigenvalue weighted by atomic mass is 16.5. The first kappa shape index (κ1) is 16.9. The summed E-state index contributed by atoms with van der Waals surface area (Å²) in [4.78, 5) is 0. The van der Waals surface area contributed by atoms with Crippen molar-refractivity contribution in [2.75, 3.05) is 13.2 Å². The molecule has 0 bridgehead atoms. The molecule has 1 aliphatic heterocycles. The Morgan fingerprint density at radius 2 is 2.00 bits per heavy atom. The molecule has 0 amide bonds. The molecule has 0 fully saturated rings. The van der Waals surface area contributed by atoms with E-state index in [1.54, 1.807) is 0 Å². The molecule has 0 saturated heterocycles. The summed E-state index contributed by atoms with van der Waals surface area (Å²) in [6, 6.07) is 0. The van der Waals surface area contributed by atoms with Crippen LogP contribution in [0.2, 0.25) is 0 Å². The van der Waals surface area contributed by atoms with Crippen molar-refractivity contribution in [3.63, 3.8) is 0 Å². The molecule has 0 aromatic heterocycles. The van der Waals surface area contributed by atoms with E-state index >= 15 is 0 Å². The van der Waals surface area contributed by atoms with Gasteiger partial charge in [-0.15, -0.1) is 0 Å². The highest BCUT2D eigenvalue weighted by molar-refractivity contribution is 5.22. The molecule has 4 heteroatoms. The van der Waals surface area contributed by atoms with Gasteiger partial charge in [-0.3, -0.25) is 5.43 Å². The minimum Gasteiger partial charge on any atom is -0.472 e. The number of hydrogen-bond donors (Lipinski definition) is 2. The van der Waals surface area contributed by atoms with Gasteiger partial charge in [0.2, 0.25) is 5.88 Å². The molecule has 20 heavy (non-hydrogen) atoms. The highest BCUT2D eigenvalue weighted by Gasteiger charge is 2.12. The van der Waals surface area contributed by atoms with Crippen LogP contribution in [0.1, 0.15) is 53.4 Å². The fourth-order valence-corrected chi connectivity index (χ4v) is 1.83. The molecule has 4 nitrogen and oxygen atoms in total. The van der Waals surface area contributed by atoms with Crippen molar-refractivity contribution >= 4 is 0 Å². The summed E-state index contributed by atoms with van der Waals surface area (Å²) in [5, 5.41) is 0. The Bertz CT molecular complexity index is 326. The standard InChI is InChI=1S/C16H30N2O2/c1-5-13(4)8-9-19-12-15(7-3)20-16-10-14(6-2)11-17-18-16/h10-11,13,15,17-18H,5-9,12H2,1-4H3. The molecule has 0 radical (unpaired) electrons. The average Bonchev–Trinajstić information content (AvgIpc) is 2.50. The molecule has 116 valence electrons. The maximum atomic E-state index is 5.93. The second-order valence-corrected chi connectivity index (χ2v) is 5.38. The van der Waals surface area contributed by atoms with E-state index in [0.717, 1.165) is 37.7 Å². The normalized spacial score (nSPS) is 17.4. The van der Waals surface area contributed by atoms with Crippen molar-refractivity contribution in [3.8, 4) is 0 Å². The minimum absolute atomic E-state index is 0.101. The summed E-state index contributed by atoms with van der Waals surface area (Å²) >= 11 is 0. The van der Waals surface area contributed by atoms with Crippen LogP contribution < -0.4 is 10.9 Å². The van der Waals surface area contributed by atoms with Gasteiger partial charge in [0, 0.05) is 18.9 Å². The molecule has 1 heterocycles. The maximum absolute atomic E-state index is 5.93. The summed E-state index contributed by atoms with van der Waals surface area (Å²) in [6.07, 6.45) is 8.36. The first-order valence-electron chi connectivity index (χ1n) is 7.86. The molecule has 1 aliphatic rings. The van der Waals surface area contributed by atoms with Gasteiger partial charge in [0.05, 0.1) is 6.61 Å². The van der Waals surface area contributed by atoms with Crippen LogP contribution in [0.25, 0.3) is 0 Å². The molecule has 0 aromatic carbocycles. The van der Waals surface area contributed by atoms with Crippen molar-refractivity contribution in [1.82, 2.24) is 10.9 Å². The Balaban J connectivity index is 2.29. The Morgan fingerprint density at radius 1 is 1.20 bits per heavy atom. The van der Waals surface area contributed by atoms with Crippen molar-refractivity contribution in [1.29, 1.82) is 0 Å². The topological polar surface area (TPSA) is 42.5 Å². The van der Waals surface area contributed by atoms with Gasteiger partial charge in [0.1, 0.15) is 6.10 Å². The first-order valence-corrected chi connectivity index (χ1v) is 7.86. The second-order valence-electron chi connectivity index (χ2n) is 5.38. The summed E-state index contributed by atoms with van der Waals surface area (Å²) in [5.41, 5.74) is 7.26. The lowest BCUT2D eigenvalue weighted by Gasteiger charge is -2.23. The van der Waals surface area contributed by atoms with Crippen LogP contribution in [0.3, 0.4) is 0 Å². The smallest absolute Gasteiger partial charge is 0.206 e. The number of rotatable bonds is 10. The molecule has 0 aliphatic carbocycles. The highest BCUT2D eigenvalue weighted by Crippen LogP contribution is 2.12. The summed E-state index contributed by atoms with van der Waals surface area (Å²) < 4.78 is 11.7. The van der Waals surface area contributed by atoms with Gasteiger partial charge in [-0.25, -0.2) is 0 Å². The van der Waals surface area contributed by atoms with Crippen LogP contribution in [0.5, 0.6) is 0 Å². The zero-order valence-electron chi connectivity index (χ0n) is 13.4. The number of hydrogen-bond acceptors (Lipinski definition) is 4. The SMILES string of the molecule is CCC1=CNNC(OC(CC)COCCC(C)CC)=C1. The molecular formula is C16H30N2O2. The van der Waals surface area contributed by atoms with Crippen LogP contribution in [0.15, 0.2) is 23.7 Å². The van der Waals surface area contributed by atoms with Crippen LogP contribution in [0, 0.1) is 5.92 Å². The Labute approximate surface area is 123 Å². The molecule has 2 atom stereocenters. The lowest BCUT2D eigenvalue weighted by atomic mass is 10.1. The van der Waals surface area contributed by atoms with E-state index in [4.69, 9.17) is 9.47 Å². The number of allylic oxidation sites excluding steroid dienone is 2. The molecule has 1 rings (SSSR count). The van der Waals surface area contributed by atoms with E-state index in [-0.39, 0.29) is 6.10 Å². The molecule has 2 N–H and O–H groups in total. The zero-order chi connectivity index (χ0) is 14.8. The molecule has 0 aromatic rings. The van der Waals surface area contributed by atoms with E-state index in [2.05, 4.69) is 38.5 Å². The monoisotopic (exact) mass is 282 g/mol. The number of ether oxygens (including phenoxy) is 2. The predicted octanol–water partition coefficient (Wildman–Crippen LogP) is 3.48. The predicted molar refractivity (Wildman–Crippen MR) is 82.8 cm³/mol. The second kappa shape index (κ2) is 9.70. The Morgan fingerprint density at radius 3 is 2.65 bits per heavy atom. The Kier molecular flexibility index (Phi) is 8.19. The van der Waals surface area contributed by atoms with Gasteiger partial charge < -0.3 is 14.9 Å². The summed E-state index contributed by atoms with van der Waals surface area (Å²) in [6.45, 7) is 10.2. The molecule has 0 saturated carbocycles.